The molecule has 2 aromatic rings. The summed E-state index contributed by atoms with van der Waals surface area (Å²) in [6.07, 6.45) is 3.76. The molecule has 1 fully saturated rings. The van der Waals surface area contributed by atoms with Gasteiger partial charge in [0, 0.05) is 19.7 Å². The number of nitrogens with one attached hydrogen (secondary N) is 1. The van der Waals surface area contributed by atoms with Gasteiger partial charge in [-0.1, -0.05) is 19.0 Å². The number of aryl methyl sites for hydroxylation is 1. The Hall–Kier alpha value is -2.18. The summed E-state index contributed by atoms with van der Waals surface area (Å²) in [6.45, 7) is 8.62. The quantitative estimate of drug-likeness (QED) is 0.883. The van der Waals surface area contributed by atoms with E-state index in [2.05, 4.69) is 34.4 Å². The molecule has 1 N–H and O–H groups in total. The maximum atomic E-state index is 12.8. The number of carbonyl (C=O) groups is 1. The first-order valence-corrected chi connectivity index (χ1v) is 8.05. The minimum atomic E-state index is -0.609. The Balaban J connectivity index is 1.84. The molecular formula is C16H23N5O2. The van der Waals surface area contributed by atoms with Gasteiger partial charge in [-0.05, 0) is 37.7 Å². The van der Waals surface area contributed by atoms with E-state index in [4.69, 9.17) is 4.52 Å². The van der Waals surface area contributed by atoms with Crippen molar-refractivity contribution in [2.45, 2.75) is 52.6 Å². The normalized spacial score (nSPS) is 17.3. The van der Waals surface area contributed by atoms with E-state index in [0.717, 1.165) is 12.8 Å². The number of hydrogen-bond acceptors (Lipinski definition) is 5. The van der Waals surface area contributed by atoms with Gasteiger partial charge in [-0.3, -0.25) is 9.48 Å². The molecule has 0 aromatic carbocycles. The fourth-order valence-corrected chi connectivity index (χ4v) is 2.83. The number of carbonyl (C=O) groups excluding carboxylic acids is 1. The molecular weight excluding hydrogens is 294 g/mol. The van der Waals surface area contributed by atoms with Gasteiger partial charge in [-0.15, -0.1) is 0 Å². The van der Waals surface area contributed by atoms with E-state index in [1.807, 2.05) is 6.92 Å². The van der Waals surface area contributed by atoms with Gasteiger partial charge < -0.3 is 9.84 Å². The molecule has 0 saturated heterocycles. The zero-order valence-corrected chi connectivity index (χ0v) is 14.0. The predicted octanol–water partition coefficient (Wildman–Crippen LogP) is 2.29. The van der Waals surface area contributed by atoms with Crippen molar-refractivity contribution >= 4 is 5.91 Å². The third-order valence-corrected chi connectivity index (χ3v) is 4.25. The van der Waals surface area contributed by atoms with Crippen molar-refractivity contribution in [1.29, 1.82) is 0 Å². The molecule has 0 spiro atoms. The van der Waals surface area contributed by atoms with Crippen molar-refractivity contribution in [2.24, 2.45) is 11.8 Å². The summed E-state index contributed by atoms with van der Waals surface area (Å²) in [4.78, 5) is 17.1. The number of hydrogen-bond donors (Lipinski definition) is 1. The van der Waals surface area contributed by atoms with Crippen LogP contribution in [0.3, 0.4) is 0 Å². The van der Waals surface area contributed by atoms with Gasteiger partial charge in [-0.25, -0.2) is 0 Å². The van der Waals surface area contributed by atoms with Crippen LogP contribution in [0.1, 0.15) is 55.8 Å². The molecule has 23 heavy (non-hydrogen) atoms. The molecule has 2 aromatic heterocycles. The van der Waals surface area contributed by atoms with E-state index < -0.39 is 5.54 Å². The Morgan fingerprint density at radius 2 is 2.26 bits per heavy atom. The zero-order valence-electron chi connectivity index (χ0n) is 14.0. The highest BCUT2D eigenvalue weighted by Crippen LogP contribution is 2.44. The fraction of sp³-hybridized carbons (Fsp3) is 0.625. The van der Waals surface area contributed by atoms with Gasteiger partial charge in [0.1, 0.15) is 11.2 Å². The van der Waals surface area contributed by atoms with Crippen molar-refractivity contribution in [3.05, 3.63) is 29.7 Å². The number of rotatable bonds is 6. The van der Waals surface area contributed by atoms with E-state index >= 15 is 0 Å². The summed E-state index contributed by atoms with van der Waals surface area (Å²) < 4.78 is 6.85. The first-order valence-electron chi connectivity index (χ1n) is 8.05. The zero-order chi connectivity index (χ0) is 16.6. The smallest absolute Gasteiger partial charge is 0.270 e. The Labute approximate surface area is 135 Å². The highest BCUT2D eigenvalue weighted by molar-refractivity contribution is 5.93. The van der Waals surface area contributed by atoms with Crippen LogP contribution in [0, 0.1) is 18.8 Å². The maximum Gasteiger partial charge on any atom is 0.270 e. The topological polar surface area (TPSA) is 85.8 Å². The van der Waals surface area contributed by atoms with Gasteiger partial charge in [0.25, 0.3) is 5.91 Å². The molecule has 0 aliphatic heterocycles. The highest BCUT2D eigenvalue weighted by atomic mass is 16.5. The summed E-state index contributed by atoms with van der Waals surface area (Å²) in [7, 11) is 0. The van der Waals surface area contributed by atoms with Crippen molar-refractivity contribution in [1.82, 2.24) is 25.2 Å². The number of aromatic nitrogens is 4. The van der Waals surface area contributed by atoms with E-state index in [1.165, 1.54) is 0 Å². The van der Waals surface area contributed by atoms with E-state index in [0.29, 0.717) is 35.8 Å². The van der Waals surface area contributed by atoms with Gasteiger partial charge in [-0.2, -0.15) is 10.1 Å². The molecule has 1 saturated carbocycles. The number of amides is 1. The summed E-state index contributed by atoms with van der Waals surface area (Å²) in [5.41, 5.74) is -0.0484. The molecule has 3 rings (SSSR count). The fourth-order valence-electron chi connectivity index (χ4n) is 2.83. The molecule has 1 amide bonds. The van der Waals surface area contributed by atoms with Crippen LogP contribution in [-0.2, 0) is 12.1 Å². The average molecular weight is 317 g/mol. The van der Waals surface area contributed by atoms with Gasteiger partial charge in [0.05, 0.1) is 0 Å². The van der Waals surface area contributed by atoms with E-state index in [1.54, 1.807) is 23.9 Å². The molecule has 7 heteroatoms. The van der Waals surface area contributed by atoms with Crippen molar-refractivity contribution in [3.63, 3.8) is 0 Å². The Bertz CT molecular complexity index is 701. The second kappa shape index (κ2) is 5.79. The van der Waals surface area contributed by atoms with Crippen molar-refractivity contribution in [2.75, 3.05) is 0 Å². The largest absolute Gasteiger partial charge is 0.340 e. The van der Waals surface area contributed by atoms with Gasteiger partial charge in [0.2, 0.25) is 5.89 Å². The Morgan fingerprint density at radius 3 is 2.83 bits per heavy atom. The first kappa shape index (κ1) is 15.7. The lowest BCUT2D eigenvalue weighted by molar-refractivity contribution is 0.0873. The third-order valence-electron chi connectivity index (χ3n) is 4.25. The van der Waals surface area contributed by atoms with Crippen LogP contribution in [0.4, 0.5) is 0 Å². The van der Waals surface area contributed by atoms with Gasteiger partial charge in [0.15, 0.2) is 5.82 Å². The maximum absolute atomic E-state index is 12.8. The summed E-state index contributed by atoms with van der Waals surface area (Å²) in [6, 6.07) is 1.74. The lowest BCUT2D eigenvalue weighted by Crippen LogP contribution is -2.46. The molecule has 0 bridgehead atoms. The molecule has 1 atom stereocenters. The molecule has 1 aliphatic carbocycles. The molecule has 1 aliphatic rings. The molecule has 2 heterocycles. The monoisotopic (exact) mass is 317 g/mol. The van der Waals surface area contributed by atoms with Crippen molar-refractivity contribution < 1.29 is 9.32 Å². The average Bonchev–Trinajstić information content (AvgIpc) is 3.09. The number of nitrogens with zero attached hydrogens (tertiary/aromatic N) is 4. The van der Waals surface area contributed by atoms with Crippen molar-refractivity contribution in [3.8, 4) is 0 Å². The lowest BCUT2D eigenvalue weighted by Gasteiger charge is -2.27. The van der Waals surface area contributed by atoms with Crippen LogP contribution in [0.15, 0.2) is 16.8 Å². The minimum absolute atomic E-state index is 0.153. The minimum Gasteiger partial charge on any atom is -0.340 e. The molecule has 7 nitrogen and oxygen atoms in total. The summed E-state index contributed by atoms with van der Waals surface area (Å²) in [5.74, 6) is 1.65. The van der Waals surface area contributed by atoms with Crippen LogP contribution in [0.25, 0.3) is 0 Å². The highest BCUT2D eigenvalue weighted by Gasteiger charge is 2.47. The first-order chi connectivity index (χ1) is 10.9. The van der Waals surface area contributed by atoms with Crippen LogP contribution >= 0.6 is 0 Å². The third kappa shape index (κ3) is 3.13. The second-order valence-electron chi connectivity index (χ2n) is 6.86. The molecule has 1 unspecified atom stereocenters. The standard InChI is InChI=1S/C16H23N5O2/c1-10(2)9-21-13(7-8-17-21)14(22)19-16(4,12-5-6-12)15-18-11(3)23-20-15/h7-8,10,12H,5-6,9H2,1-4H3,(H,19,22). The Kier molecular flexibility index (Phi) is 3.95. The van der Waals surface area contributed by atoms with Crippen LogP contribution in [-0.4, -0.2) is 25.8 Å². The summed E-state index contributed by atoms with van der Waals surface area (Å²) >= 11 is 0. The second-order valence-corrected chi connectivity index (χ2v) is 6.86. The van der Waals surface area contributed by atoms with Crippen LogP contribution < -0.4 is 5.32 Å². The Morgan fingerprint density at radius 1 is 1.52 bits per heavy atom. The lowest BCUT2D eigenvalue weighted by atomic mass is 9.94. The van der Waals surface area contributed by atoms with Gasteiger partial charge >= 0.3 is 0 Å². The molecule has 124 valence electrons. The van der Waals surface area contributed by atoms with Crippen LogP contribution in [0.5, 0.6) is 0 Å². The summed E-state index contributed by atoms with van der Waals surface area (Å²) in [5, 5.41) is 11.4. The van der Waals surface area contributed by atoms with Crippen LogP contribution in [0.2, 0.25) is 0 Å². The van der Waals surface area contributed by atoms with E-state index in [9.17, 15) is 4.79 Å². The predicted molar refractivity (Wildman–Crippen MR) is 83.6 cm³/mol. The SMILES string of the molecule is Cc1nc(C(C)(NC(=O)c2ccnn2CC(C)C)C2CC2)no1. The molecule has 0 radical (unpaired) electrons. The van der Waals surface area contributed by atoms with E-state index in [-0.39, 0.29) is 5.91 Å².